The van der Waals surface area contributed by atoms with Gasteiger partial charge in [0.1, 0.15) is 24.2 Å². The highest BCUT2D eigenvalue weighted by Crippen LogP contribution is 2.36. The van der Waals surface area contributed by atoms with Crippen LogP contribution in [0, 0.1) is 0 Å². The molecule has 0 aromatic heterocycles. The summed E-state index contributed by atoms with van der Waals surface area (Å²) < 4.78 is 11.4. The van der Waals surface area contributed by atoms with Gasteiger partial charge in [-0.1, -0.05) is 30.3 Å². The van der Waals surface area contributed by atoms with E-state index in [1.807, 2.05) is 30.3 Å². The average Bonchev–Trinajstić information content (AvgIpc) is 2.54. The number of ether oxygens (including phenoxy) is 2. The number of rotatable bonds is 4. The molecule has 108 valence electrons. The van der Waals surface area contributed by atoms with Gasteiger partial charge in [-0.25, -0.2) is 0 Å². The minimum atomic E-state index is -0.220. The van der Waals surface area contributed by atoms with Crippen LogP contribution in [0.15, 0.2) is 48.5 Å². The molecule has 4 heteroatoms. The zero-order valence-corrected chi connectivity index (χ0v) is 11.6. The molecule has 0 spiro atoms. The van der Waals surface area contributed by atoms with Crippen molar-refractivity contribution in [2.24, 2.45) is 5.73 Å². The fraction of sp³-hybridized carbons (Fsp3) is 0.235. The molecule has 0 fully saturated rings. The Morgan fingerprint density at radius 1 is 1.19 bits per heavy atom. The van der Waals surface area contributed by atoms with Crippen LogP contribution in [0.1, 0.15) is 28.4 Å². The van der Waals surface area contributed by atoms with Gasteiger partial charge in [-0.05, 0) is 23.8 Å². The molecule has 21 heavy (non-hydrogen) atoms. The highest BCUT2D eigenvalue weighted by molar-refractivity contribution is 6.00. The second-order valence-electron chi connectivity index (χ2n) is 4.94. The summed E-state index contributed by atoms with van der Waals surface area (Å²) in [5, 5.41) is 0. The first-order chi connectivity index (χ1) is 10.3. The van der Waals surface area contributed by atoms with Crippen LogP contribution >= 0.6 is 0 Å². The highest BCUT2D eigenvalue weighted by Gasteiger charge is 2.27. The van der Waals surface area contributed by atoms with Gasteiger partial charge in [0.05, 0.1) is 12.0 Å². The monoisotopic (exact) mass is 283 g/mol. The summed E-state index contributed by atoms with van der Waals surface area (Å²) in [6.45, 7) is 0.873. The van der Waals surface area contributed by atoms with E-state index in [4.69, 9.17) is 15.2 Å². The molecule has 0 radical (unpaired) electrons. The number of nitrogens with two attached hydrogens (primary N) is 1. The van der Waals surface area contributed by atoms with Crippen molar-refractivity contribution in [1.29, 1.82) is 0 Å². The van der Waals surface area contributed by atoms with Crippen molar-refractivity contribution < 1.29 is 14.3 Å². The minimum absolute atomic E-state index is 0.0725. The third kappa shape index (κ3) is 2.90. The van der Waals surface area contributed by atoms with E-state index in [0.717, 1.165) is 5.56 Å². The number of hydrogen-bond acceptors (Lipinski definition) is 4. The van der Waals surface area contributed by atoms with Crippen molar-refractivity contribution in [3.8, 4) is 11.5 Å². The molecule has 1 aliphatic rings. The number of carbonyl (C=O) groups is 1. The molecule has 0 saturated carbocycles. The van der Waals surface area contributed by atoms with Crippen molar-refractivity contribution in [1.82, 2.24) is 0 Å². The molecular weight excluding hydrogens is 266 g/mol. The zero-order valence-electron chi connectivity index (χ0n) is 11.6. The van der Waals surface area contributed by atoms with Crippen molar-refractivity contribution in [2.75, 3.05) is 13.2 Å². The van der Waals surface area contributed by atoms with Gasteiger partial charge in [0.2, 0.25) is 0 Å². The molecular formula is C17H17NO3. The average molecular weight is 283 g/mol. The number of fused-ring (bicyclic) bond motifs is 1. The minimum Gasteiger partial charge on any atom is -0.492 e. The van der Waals surface area contributed by atoms with Crippen LogP contribution in [-0.4, -0.2) is 18.9 Å². The molecule has 2 aromatic carbocycles. The lowest BCUT2D eigenvalue weighted by molar-refractivity contribution is 0.0849. The third-order valence-electron chi connectivity index (χ3n) is 3.45. The third-order valence-corrected chi connectivity index (χ3v) is 3.45. The van der Waals surface area contributed by atoms with E-state index < -0.39 is 0 Å². The second-order valence-corrected chi connectivity index (χ2v) is 4.94. The van der Waals surface area contributed by atoms with Gasteiger partial charge in [-0.15, -0.1) is 0 Å². The van der Waals surface area contributed by atoms with E-state index >= 15 is 0 Å². The number of benzene rings is 2. The van der Waals surface area contributed by atoms with Crippen molar-refractivity contribution in [2.45, 2.75) is 12.5 Å². The molecule has 0 saturated heterocycles. The smallest absolute Gasteiger partial charge is 0.170 e. The molecule has 1 unspecified atom stereocenters. The van der Waals surface area contributed by atoms with Gasteiger partial charge in [-0.2, -0.15) is 0 Å². The highest BCUT2D eigenvalue weighted by atomic mass is 16.5. The SMILES string of the molecule is NCCOc1ccc2c(c1)C(=O)CC(c1ccccc1)O2. The Hall–Kier alpha value is -2.33. The van der Waals surface area contributed by atoms with Gasteiger partial charge >= 0.3 is 0 Å². The molecule has 3 rings (SSSR count). The molecule has 1 aliphatic heterocycles. The zero-order chi connectivity index (χ0) is 14.7. The first-order valence-electron chi connectivity index (χ1n) is 6.99. The predicted octanol–water partition coefficient (Wildman–Crippen LogP) is 2.73. The normalized spacial score (nSPS) is 17.0. The quantitative estimate of drug-likeness (QED) is 0.937. The molecule has 4 nitrogen and oxygen atoms in total. The summed E-state index contributed by atoms with van der Waals surface area (Å²) in [4.78, 5) is 12.3. The van der Waals surface area contributed by atoms with E-state index in [2.05, 4.69) is 0 Å². The standard InChI is InChI=1S/C17H17NO3/c18-8-9-20-13-6-7-16-14(10-13)15(19)11-17(21-16)12-4-2-1-3-5-12/h1-7,10,17H,8-9,11,18H2. The number of hydrogen-bond donors (Lipinski definition) is 1. The summed E-state index contributed by atoms with van der Waals surface area (Å²) in [7, 11) is 0. The van der Waals surface area contributed by atoms with Crippen molar-refractivity contribution >= 4 is 5.78 Å². The van der Waals surface area contributed by atoms with Crippen molar-refractivity contribution in [3.63, 3.8) is 0 Å². The second kappa shape index (κ2) is 5.97. The molecule has 0 bridgehead atoms. The first kappa shape index (κ1) is 13.6. The Balaban J connectivity index is 1.84. The molecule has 2 aromatic rings. The summed E-state index contributed by atoms with van der Waals surface area (Å²) in [5.74, 6) is 1.33. The Morgan fingerprint density at radius 2 is 2.00 bits per heavy atom. The molecule has 1 heterocycles. The van der Waals surface area contributed by atoms with E-state index in [-0.39, 0.29) is 11.9 Å². The van der Waals surface area contributed by atoms with Crippen LogP contribution in [0.4, 0.5) is 0 Å². The number of carbonyl (C=O) groups excluding carboxylic acids is 1. The lowest BCUT2D eigenvalue weighted by Crippen LogP contribution is -2.20. The number of Topliss-reactive ketones (excluding diaryl/α,β-unsaturated/α-hetero) is 1. The maximum absolute atomic E-state index is 12.3. The predicted molar refractivity (Wildman–Crippen MR) is 79.7 cm³/mol. The lowest BCUT2D eigenvalue weighted by atomic mass is 9.96. The van der Waals surface area contributed by atoms with Crippen LogP contribution in [0.2, 0.25) is 0 Å². The van der Waals surface area contributed by atoms with E-state index in [1.54, 1.807) is 18.2 Å². The summed E-state index contributed by atoms with van der Waals surface area (Å²) >= 11 is 0. The molecule has 1 atom stereocenters. The van der Waals surface area contributed by atoms with Crippen LogP contribution in [0.25, 0.3) is 0 Å². The summed E-state index contributed by atoms with van der Waals surface area (Å²) in [6, 6.07) is 15.1. The van der Waals surface area contributed by atoms with E-state index in [0.29, 0.717) is 36.6 Å². The fourth-order valence-electron chi connectivity index (χ4n) is 2.42. The first-order valence-corrected chi connectivity index (χ1v) is 6.99. The maximum Gasteiger partial charge on any atom is 0.170 e. The van der Waals surface area contributed by atoms with Crippen LogP contribution < -0.4 is 15.2 Å². The van der Waals surface area contributed by atoms with Crippen LogP contribution in [0.5, 0.6) is 11.5 Å². The Bertz CT molecular complexity index is 640. The van der Waals surface area contributed by atoms with Gasteiger partial charge in [-0.3, -0.25) is 4.79 Å². The Morgan fingerprint density at radius 3 is 2.76 bits per heavy atom. The van der Waals surface area contributed by atoms with Gasteiger partial charge in [0, 0.05) is 6.54 Å². The summed E-state index contributed by atoms with van der Waals surface area (Å²) in [5.41, 5.74) is 7.00. The molecule has 0 aliphatic carbocycles. The van der Waals surface area contributed by atoms with Gasteiger partial charge < -0.3 is 15.2 Å². The lowest BCUT2D eigenvalue weighted by Gasteiger charge is -2.25. The van der Waals surface area contributed by atoms with Gasteiger partial charge in [0.15, 0.2) is 5.78 Å². The van der Waals surface area contributed by atoms with Crippen molar-refractivity contribution in [3.05, 3.63) is 59.7 Å². The Labute approximate surface area is 123 Å². The molecule has 2 N–H and O–H groups in total. The van der Waals surface area contributed by atoms with Crippen LogP contribution in [-0.2, 0) is 0 Å². The topological polar surface area (TPSA) is 61.5 Å². The Kier molecular flexibility index (Phi) is 3.88. The van der Waals surface area contributed by atoms with Crippen LogP contribution in [0.3, 0.4) is 0 Å². The number of ketones is 1. The van der Waals surface area contributed by atoms with Gasteiger partial charge in [0.25, 0.3) is 0 Å². The largest absolute Gasteiger partial charge is 0.492 e. The van der Waals surface area contributed by atoms with E-state index in [9.17, 15) is 4.79 Å². The van der Waals surface area contributed by atoms with E-state index in [1.165, 1.54) is 0 Å². The summed E-state index contributed by atoms with van der Waals surface area (Å²) in [6.07, 6.45) is 0.124. The fourth-order valence-corrected chi connectivity index (χ4v) is 2.42. The molecule has 0 amide bonds. The maximum atomic E-state index is 12.3.